The molecule has 0 radical (unpaired) electrons. The van der Waals surface area contributed by atoms with Crippen molar-refractivity contribution in [1.82, 2.24) is 15.1 Å². The van der Waals surface area contributed by atoms with Gasteiger partial charge in [0.1, 0.15) is 6.04 Å². The minimum Gasteiger partial charge on any atom is -0.368 e. The number of nitro benzene ring substituents is 1. The van der Waals surface area contributed by atoms with Crippen molar-refractivity contribution in [2.75, 3.05) is 54.0 Å². The molecule has 0 bridgehead atoms. The van der Waals surface area contributed by atoms with E-state index in [-0.39, 0.29) is 23.5 Å². The van der Waals surface area contributed by atoms with E-state index in [1.165, 1.54) is 23.5 Å². The molecule has 0 aliphatic carbocycles. The molecule has 0 N–H and O–H groups in total. The Kier molecular flexibility index (Phi) is 5.83. The van der Waals surface area contributed by atoms with Crippen LogP contribution in [0.1, 0.15) is 25.7 Å². The molecule has 2 aromatic rings. The molecule has 0 saturated carbocycles. The van der Waals surface area contributed by atoms with E-state index in [1.54, 1.807) is 17.0 Å². The van der Waals surface area contributed by atoms with Crippen molar-refractivity contribution in [3.05, 3.63) is 34.4 Å². The fraction of sp³-hybridized carbons (Fsp3) is 0.524. The third-order valence-electron chi connectivity index (χ3n) is 6.51. The molecular formula is C21H25N7O4S. The van der Waals surface area contributed by atoms with Gasteiger partial charge in [0.15, 0.2) is 0 Å². The van der Waals surface area contributed by atoms with Crippen LogP contribution in [-0.4, -0.2) is 77.1 Å². The van der Waals surface area contributed by atoms with E-state index in [9.17, 15) is 19.7 Å². The number of nitrogens with zero attached hydrogens (tertiary/aromatic N) is 7. The van der Waals surface area contributed by atoms with E-state index in [0.717, 1.165) is 31.5 Å². The minimum absolute atomic E-state index is 0.0721. The van der Waals surface area contributed by atoms with E-state index >= 15 is 0 Å². The molecule has 3 fully saturated rings. The highest BCUT2D eigenvalue weighted by Crippen LogP contribution is 2.34. The average molecular weight is 472 g/mol. The summed E-state index contributed by atoms with van der Waals surface area (Å²) in [6, 6.07) is 6.27. The standard InChI is InChI=1S/C21H25N7O4S/c29-18-4-2-10-27(18)21-23-22-20(33-21)26-9-1-3-17(26)19(30)25-13-11-24(12-14-25)15-5-7-16(8-6-15)28(31)32/h5-8,17H,1-4,9-14H2/t17-/m0/s1. The molecule has 174 valence electrons. The van der Waals surface area contributed by atoms with Gasteiger partial charge in [0.25, 0.3) is 5.69 Å². The Hall–Kier alpha value is -3.28. The summed E-state index contributed by atoms with van der Waals surface area (Å²) < 4.78 is 0. The molecule has 1 aromatic carbocycles. The van der Waals surface area contributed by atoms with Crippen LogP contribution < -0.4 is 14.7 Å². The van der Waals surface area contributed by atoms with Crippen molar-refractivity contribution < 1.29 is 14.5 Å². The van der Waals surface area contributed by atoms with Gasteiger partial charge in [-0.15, -0.1) is 10.2 Å². The Morgan fingerprint density at radius 3 is 2.39 bits per heavy atom. The van der Waals surface area contributed by atoms with Crippen LogP contribution in [0.4, 0.5) is 21.6 Å². The zero-order valence-corrected chi connectivity index (χ0v) is 18.9. The normalized spacial score (nSPS) is 21.2. The second-order valence-electron chi connectivity index (χ2n) is 8.45. The lowest BCUT2D eigenvalue weighted by molar-refractivity contribution is -0.384. The maximum atomic E-state index is 13.3. The first-order chi connectivity index (χ1) is 16.0. The van der Waals surface area contributed by atoms with E-state index in [4.69, 9.17) is 0 Å². The number of hydrogen-bond acceptors (Lipinski definition) is 9. The summed E-state index contributed by atoms with van der Waals surface area (Å²) in [7, 11) is 0. The molecule has 33 heavy (non-hydrogen) atoms. The summed E-state index contributed by atoms with van der Waals surface area (Å²) in [5.41, 5.74) is 0.996. The van der Waals surface area contributed by atoms with Crippen LogP contribution in [-0.2, 0) is 9.59 Å². The number of hydrogen-bond donors (Lipinski definition) is 0. The number of non-ortho nitro benzene ring substituents is 1. The molecule has 12 heteroatoms. The first-order valence-electron chi connectivity index (χ1n) is 11.2. The molecular weight excluding hydrogens is 446 g/mol. The predicted octanol–water partition coefficient (Wildman–Crippen LogP) is 1.89. The second-order valence-corrected chi connectivity index (χ2v) is 9.39. The van der Waals surface area contributed by atoms with Gasteiger partial charge in [0, 0.05) is 63.5 Å². The molecule has 3 saturated heterocycles. The van der Waals surface area contributed by atoms with Crippen LogP contribution in [0.3, 0.4) is 0 Å². The maximum absolute atomic E-state index is 13.3. The minimum atomic E-state index is -0.405. The Bertz CT molecular complexity index is 1050. The number of carbonyl (C=O) groups excluding carboxylic acids is 2. The lowest BCUT2D eigenvalue weighted by Crippen LogP contribution is -2.53. The van der Waals surface area contributed by atoms with Gasteiger partial charge in [-0.25, -0.2) is 0 Å². The number of amides is 2. The van der Waals surface area contributed by atoms with Crippen LogP contribution in [0.2, 0.25) is 0 Å². The van der Waals surface area contributed by atoms with Crippen LogP contribution in [0, 0.1) is 10.1 Å². The smallest absolute Gasteiger partial charge is 0.269 e. The van der Waals surface area contributed by atoms with Gasteiger partial charge in [0.2, 0.25) is 22.1 Å². The van der Waals surface area contributed by atoms with Crippen LogP contribution in [0.25, 0.3) is 0 Å². The van der Waals surface area contributed by atoms with Crippen LogP contribution in [0.5, 0.6) is 0 Å². The van der Waals surface area contributed by atoms with Gasteiger partial charge in [0.05, 0.1) is 4.92 Å². The molecule has 0 spiro atoms. The summed E-state index contributed by atoms with van der Waals surface area (Å²) in [5, 5.41) is 20.7. The molecule has 5 rings (SSSR count). The quantitative estimate of drug-likeness (QED) is 0.480. The highest BCUT2D eigenvalue weighted by molar-refractivity contribution is 7.19. The zero-order valence-electron chi connectivity index (χ0n) is 18.1. The number of benzene rings is 1. The summed E-state index contributed by atoms with van der Waals surface area (Å²) in [4.78, 5) is 43.6. The van der Waals surface area contributed by atoms with Crippen LogP contribution in [0.15, 0.2) is 24.3 Å². The number of aromatic nitrogens is 2. The van der Waals surface area contributed by atoms with Gasteiger partial charge >= 0.3 is 0 Å². The molecule has 1 aromatic heterocycles. The number of nitro groups is 1. The third kappa shape index (κ3) is 4.22. The first-order valence-corrected chi connectivity index (χ1v) is 12.0. The van der Waals surface area contributed by atoms with E-state index < -0.39 is 4.92 Å². The molecule has 3 aliphatic rings. The lowest BCUT2D eigenvalue weighted by Gasteiger charge is -2.38. The lowest BCUT2D eigenvalue weighted by atomic mass is 10.1. The van der Waals surface area contributed by atoms with Crippen molar-refractivity contribution in [2.24, 2.45) is 0 Å². The maximum Gasteiger partial charge on any atom is 0.269 e. The highest BCUT2D eigenvalue weighted by Gasteiger charge is 2.37. The first kappa shape index (κ1) is 21.6. The summed E-state index contributed by atoms with van der Waals surface area (Å²) in [5.74, 6) is 0.183. The SMILES string of the molecule is O=C([C@@H]1CCCN1c1nnc(N2CCCC2=O)s1)N1CCN(c2ccc([N+](=O)[O-])cc2)CC1. The Balaban J connectivity index is 1.21. The highest BCUT2D eigenvalue weighted by atomic mass is 32.1. The molecule has 4 heterocycles. The van der Waals surface area contributed by atoms with Crippen molar-refractivity contribution >= 4 is 44.8 Å². The number of anilines is 3. The third-order valence-corrected chi connectivity index (χ3v) is 7.49. The van der Waals surface area contributed by atoms with E-state index in [1.807, 2.05) is 9.80 Å². The van der Waals surface area contributed by atoms with Gasteiger partial charge < -0.3 is 14.7 Å². The summed E-state index contributed by atoms with van der Waals surface area (Å²) in [6.07, 6.45) is 3.08. The van der Waals surface area contributed by atoms with Gasteiger partial charge in [-0.3, -0.25) is 24.6 Å². The van der Waals surface area contributed by atoms with Gasteiger partial charge in [-0.2, -0.15) is 0 Å². The number of piperazine rings is 1. The van der Waals surface area contributed by atoms with Gasteiger partial charge in [-0.05, 0) is 31.4 Å². The van der Waals surface area contributed by atoms with Gasteiger partial charge in [-0.1, -0.05) is 11.3 Å². The molecule has 11 nitrogen and oxygen atoms in total. The average Bonchev–Trinajstić information content (AvgIpc) is 3.59. The zero-order chi connectivity index (χ0) is 22.9. The number of carbonyl (C=O) groups is 2. The fourth-order valence-corrected chi connectivity index (χ4v) is 5.68. The van der Waals surface area contributed by atoms with Crippen molar-refractivity contribution in [2.45, 2.75) is 31.7 Å². The summed E-state index contributed by atoms with van der Waals surface area (Å²) in [6.45, 7) is 3.98. The fourth-order valence-electron chi connectivity index (χ4n) is 4.72. The summed E-state index contributed by atoms with van der Waals surface area (Å²) >= 11 is 1.38. The Morgan fingerprint density at radius 2 is 1.73 bits per heavy atom. The Labute approximate surface area is 194 Å². The Morgan fingerprint density at radius 1 is 1.00 bits per heavy atom. The largest absolute Gasteiger partial charge is 0.368 e. The number of rotatable bonds is 5. The monoisotopic (exact) mass is 471 g/mol. The topological polar surface area (TPSA) is 116 Å². The van der Waals surface area contributed by atoms with Crippen LogP contribution >= 0.6 is 11.3 Å². The molecule has 3 aliphatic heterocycles. The molecule has 1 atom stereocenters. The molecule has 0 unspecified atom stereocenters. The second kappa shape index (κ2) is 8.93. The van der Waals surface area contributed by atoms with Crippen molar-refractivity contribution in [1.29, 1.82) is 0 Å². The van der Waals surface area contributed by atoms with Crippen molar-refractivity contribution in [3.8, 4) is 0 Å². The molecule has 2 amide bonds. The van der Waals surface area contributed by atoms with E-state index in [2.05, 4.69) is 15.1 Å². The van der Waals surface area contributed by atoms with E-state index in [0.29, 0.717) is 49.4 Å². The predicted molar refractivity (Wildman–Crippen MR) is 124 cm³/mol. The van der Waals surface area contributed by atoms with Crippen molar-refractivity contribution in [3.63, 3.8) is 0 Å².